The highest BCUT2D eigenvalue weighted by Crippen LogP contribution is 2.19. The number of hydrogen-bond donors (Lipinski definition) is 1. The Hall–Kier alpha value is -2.53. The maximum atomic E-state index is 13.2. The van der Waals surface area contributed by atoms with Gasteiger partial charge in [0.2, 0.25) is 11.8 Å². The summed E-state index contributed by atoms with van der Waals surface area (Å²) in [6.07, 6.45) is 6.63. The van der Waals surface area contributed by atoms with Crippen molar-refractivity contribution in [2.75, 3.05) is 13.2 Å². The van der Waals surface area contributed by atoms with Crippen LogP contribution in [0.5, 0.6) is 5.75 Å². The van der Waals surface area contributed by atoms with Crippen LogP contribution in [0.15, 0.2) is 54.6 Å². The van der Waals surface area contributed by atoms with E-state index in [1.54, 1.807) is 17.0 Å². The highest BCUT2D eigenvalue weighted by Gasteiger charge is 2.30. The number of carbonyl (C=O) groups excluding carboxylic acids is 2. The summed E-state index contributed by atoms with van der Waals surface area (Å²) in [6, 6.07) is 17.1. The zero-order valence-corrected chi connectivity index (χ0v) is 20.2. The van der Waals surface area contributed by atoms with Crippen molar-refractivity contribution in [2.45, 2.75) is 70.4 Å². The van der Waals surface area contributed by atoms with Gasteiger partial charge in [-0.3, -0.25) is 9.59 Å². The van der Waals surface area contributed by atoms with Crippen LogP contribution in [0.25, 0.3) is 0 Å². The number of nitrogens with one attached hydrogen (secondary N) is 1. The van der Waals surface area contributed by atoms with Crippen molar-refractivity contribution in [3.05, 3.63) is 65.2 Å². The van der Waals surface area contributed by atoms with Gasteiger partial charge in [-0.1, -0.05) is 61.7 Å². The molecule has 0 aromatic heterocycles. The Morgan fingerprint density at radius 3 is 2.45 bits per heavy atom. The van der Waals surface area contributed by atoms with E-state index in [-0.39, 0.29) is 17.9 Å². The summed E-state index contributed by atoms with van der Waals surface area (Å²) >= 11 is 5.91. The quantitative estimate of drug-likeness (QED) is 0.422. The number of nitrogens with zero attached hydrogens (tertiary/aromatic N) is 1. The lowest BCUT2D eigenvalue weighted by Crippen LogP contribution is -2.51. The normalized spacial score (nSPS) is 14.6. The Morgan fingerprint density at radius 1 is 1.09 bits per heavy atom. The first-order chi connectivity index (χ1) is 16.1. The Balaban J connectivity index is 1.59. The molecule has 0 spiro atoms. The van der Waals surface area contributed by atoms with E-state index in [1.807, 2.05) is 37.3 Å². The minimum Gasteiger partial charge on any atom is -0.494 e. The van der Waals surface area contributed by atoms with Crippen LogP contribution in [0.4, 0.5) is 0 Å². The molecule has 5 nitrogen and oxygen atoms in total. The van der Waals surface area contributed by atoms with Gasteiger partial charge in [0.15, 0.2) is 0 Å². The molecule has 33 heavy (non-hydrogen) atoms. The molecule has 1 aliphatic rings. The second-order valence-electron chi connectivity index (χ2n) is 8.64. The molecule has 1 unspecified atom stereocenters. The fourth-order valence-electron chi connectivity index (χ4n) is 4.35. The molecule has 0 saturated heterocycles. The maximum absolute atomic E-state index is 13.2. The molecule has 0 aliphatic heterocycles. The zero-order chi connectivity index (χ0) is 23.5. The minimum absolute atomic E-state index is 0.000871. The van der Waals surface area contributed by atoms with Crippen LogP contribution in [0.1, 0.15) is 57.4 Å². The molecule has 1 fully saturated rings. The minimum atomic E-state index is -0.445. The Bertz CT molecular complexity index is 867. The van der Waals surface area contributed by atoms with Gasteiger partial charge in [0.25, 0.3) is 0 Å². The third kappa shape index (κ3) is 8.08. The molecule has 1 atom stereocenters. The Kier molecular flexibility index (Phi) is 10.1. The Labute approximate surface area is 202 Å². The molecular weight excluding hydrogens is 436 g/mol. The van der Waals surface area contributed by atoms with Crippen LogP contribution >= 0.6 is 11.6 Å². The van der Waals surface area contributed by atoms with E-state index < -0.39 is 6.04 Å². The SMILES string of the molecule is CCC(C(=O)NC1CCCC1)N(CCc1ccccc1)C(=O)CCCOc1ccc(Cl)cc1. The van der Waals surface area contributed by atoms with Gasteiger partial charge in [0.1, 0.15) is 11.8 Å². The summed E-state index contributed by atoms with van der Waals surface area (Å²) in [4.78, 5) is 28.1. The lowest BCUT2D eigenvalue weighted by molar-refractivity contribution is -0.141. The van der Waals surface area contributed by atoms with Gasteiger partial charge in [-0.05, 0) is 61.9 Å². The van der Waals surface area contributed by atoms with Gasteiger partial charge in [-0.2, -0.15) is 0 Å². The summed E-state index contributed by atoms with van der Waals surface area (Å²) in [6.45, 7) is 2.94. The maximum Gasteiger partial charge on any atom is 0.243 e. The number of ether oxygens (including phenoxy) is 1. The van der Waals surface area contributed by atoms with Crippen LogP contribution < -0.4 is 10.1 Å². The Morgan fingerprint density at radius 2 is 1.79 bits per heavy atom. The van der Waals surface area contributed by atoms with Crippen LogP contribution in [0.3, 0.4) is 0 Å². The molecule has 178 valence electrons. The monoisotopic (exact) mass is 470 g/mol. The smallest absolute Gasteiger partial charge is 0.243 e. The molecule has 0 bridgehead atoms. The number of halogens is 1. The van der Waals surface area contributed by atoms with E-state index >= 15 is 0 Å². The van der Waals surface area contributed by atoms with Crippen LogP contribution in [-0.2, 0) is 16.0 Å². The summed E-state index contributed by atoms with van der Waals surface area (Å²) in [7, 11) is 0. The second-order valence-corrected chi connectivity index (χ2v) is 9.08. The van der Waals surface area contributed by atoms with Crippen LogP contribution in [0, 0.1) is 0 Å². The van der Waals surface area contributed by atoms with E-state index in [9.17, 15) is 9.59 Å². The summed E-state index contributed by atoms with van der Waals surface area (Å²) in [5.74, 6) is 0.706. The first-order valence-electron chi connectivity index (χ1n) is 12.1. The van der Waals surface area contributed by atoms with Crippen molar-refractivity contribution in [1.82, 2.24) is 10.2 Å². The standard InChI is InChI=1S/C27H35ClN2O3/c1-2-25(27(32)29-23-11-6-7-12-23)30(19-18-21-9-4-3-5-10-21)26(31)13-8-20-33-24-16-14-22(28)15-17-24/h3-5,9-10,14-17,23,25H,2,6-8,11-13,18-20H2,1H3,(H,29,32). The first-order valence-corrected chi connectivity index (χ1v) is 12.5. The fraction of sp³-hybridized carbons (Fsp3) is 0.481. The van der Waals surface area contributed by atoms with Gasteiger partial charge >= 0.3 is 0 Å². The number of carbonyl (C=O) groups is 2. The molecule has 0 radical (unpaired) electrons. The highest BCUT2D eigenvalue weighted by atomic mass is 35.5. The molecule has 2 amide bonds. The summed E-state index contributed by atoms with van der Waals surface area (Å²) in [5, 5.41) is 3.85. The van der Waals surface area contributed by atoms with Gasteiger partial charge in [-0.15, -0.1) is 0 Å². The predicted octanol–water partition coefficient (Wildman–Crippen LogP) is 5.41. The zero-order valence-electron chi connectivity index (χ0n) is 19.5. The van der Waals surface area contributed by atoms with Crippen molar-refractivity contribution in [3.8, 4) is 5.75 Å². The average Bonchev–Trinajstić information content (AvgIpc) is 3.34. The largest absolute Gasteiger partial charge is 0.494 e. The molecule has 2 aromatic carbocycles. The lowest BCUT2D eigenvalue weighted by Gasteiger charge is -2.31. The third-order valence-corrected chi connectivity index (χ3v) is 6.44. The number of benzene rings is 2. The van der Waals surface area contributed by atoms with E-state index in [2.05, 4.69) is 17.4 Å². The van der Waals surface area contributed by atoms with Crippen molar-refractivity contribution >= 4 is 23.4 Å². The molecule has 2 aromatic rings. The van der Waals surface area contributed by atoms with Gasteiger partial charge in [0.05, 0.1) is 6.61 Å². The van der Waals surface area contributed by atoms with Crippen LogP contribution in [0.2, 0.25) is 5.02 Å². The predicted molar refractivity (Wildman–Crippen MR) is 133 cm³/mol. The molecule has 6 heteroatoms. The third-order valence-electron chi connectivity index (χ3n) is 6.19. The average molecular weight is 471 g/mol. The molecule has 0 heterocycles. The first kappa shape index (κ1) is 25.1. The number of rotatable bonds is 12. The number of hydrogen-bond acceptors (Lipinski definition) is 3. The highest BCUT2D eigenvalue weighted by molar-refractivity contribution is 6.30. The van der Waals surface area contributed by atoms with E-state index in [0.29, 0.717) is 37.4 Å². The molecule has 1 saturated carbocycles. The van der Waals surface area contributed by atoms with E-state index in [1.165, 1.54) is 0 Å². The molecule has 1 aliphatic carbocycles. The van der Waals surface area contributed by atoms with E-state index in [4.69, 9.17) is 16.3 Å². The van der Waals surface area contributed by atoms with Crippen LogP contribution in [-0.4, -0.2) is 41.9 Å². The second kappa shape index (κ2) is 13.2. The molecular formula is C27H35ClN2O3. The van der Waals surface area contributed by atoms with Gasteiger partial charge in [0, 0.05) is 24.0 Å². The molecule has 3 rings (SSSR count). The van der Waals surface area contributed by atoms with E-state index in [0.717, 1.165) is 43.4 Å². The number of amides is 2. The fourth-order valence-corrected chi connectivity index (χ4v) is 4.48. The van der Waals surface area contributed by atoms with Gasteiger partial charge in [-0.25, -0.2) is 0 Å². The molecule has 1 N–H and O–H groups in total. The van der Waals surface area contributed by atoms with Crippen molar-refractivity contribution < 1.29 is 14.3 Å². The lowest BCUT2D eigenvalue weighted by atomic mass is 10.1. The summed E-state index contributed by atoms with van der Waals surface area (Å²) in [5.41, 5.74) is 1.16. The topological polar surface area (TPSA) is 58.6 Å². The summed E-state index contributed by atoms with van der Waals surface area (Å²) < 4.78 is 5.73. The van der Waals surface area contributed by atoms with Crippen molar-refractivity contribution in [2.24, 2.45) is 0 Å². The van der Waals surface area contributed by atoms with Crippen molar-refractivity contribution in [3.63, 3.8) is 0 Å². The van der Waals surface area contributed by atoms with Gasteiger partial charge < -0.3 is 15.0 Å². The van der Waals surface area contributed by atoms with Crippen molar-refractivity contribution in [1.29, 1.82) is 0 Å².